The molecule has 0 unspecified atom stereocenters. The third-order valence-corrected chi connectivity index (χ3v) is 8.08. The highest BCUT2D eigenvalue weighted by molar-refractivity contribution is 6.35. The molecule has 37 heavy (non-hydrogen) atoms. The van der Waals surface area contributed by atoms with E-state index in [2.05, 4.69) is 20.7 Å². The van der Waals surface area contributed by atoms with E-state index in [1.807, 2.05) is 6.92 Å². The van der Waals surface area contributed by atoms with E-state index in [0.717, 1.165) is 25.7 Å². The number of hydrogen-bond acceptors (Lipinski definition) is 6. The van der Waals surface area contributed by atoms with Crippen molar-refractivity contribution >= 4 is 29.4 Å². The second-order valence-corrected chi connectivity index (χ2v) is 10.9. The average molecular weight is 531 g/mol. The van der Waals surface area contributed by atoms with E-state index in [9.17, 15) is 37.1 Å². The lowest BCUT2D eigenvalue weighted by molar-refractivity contribution is -0.321. The minimum Gasteiger partial charge on any atom is -0.356 e. The number of carbonyl (C=O) groups excluding carboxylic acids is 5. The normalized spacial score (nSPS) is 28.9. The Labute approximate surface area is 212 Å². The van der Waals surface area contributed by atoms with Crippen LogP contribution >= 0.6 is 0 Å². The van der Waals surface area contributed by atoms with Crippen LogP contribution in [0.3, 0.4) is 0 Å². The molecule has 3 N–H and O–H groups in total. The van der Waals surface area contributed by atoms with Crippen LogP contribution < -0.4 is 16.0 Å². The SMILES string of the molecule is CC1(NC(=O)C(=O)N2C[C@@H]3CCC[C@@H]3[C@H]2C(=O)N[C@H](CC[C@@H]2CCNC2=O)C(=O)COC(F)(F)F)CC1. The number of nitrogens with zero attached hydrogens (tertiary/aromatic N) is 1. The van der Waals surface area contributed by atoms with Crippen LogP contribution in [0.4, 0.5) is 13.2 Å². The van der Waals surface area contributed by atoms with Gasteiger partial charge in [-0.2, -0.15) is 0 Å². The van der Waals surface area contributed by atoms with Gasteiger partial charge in [-0.15, -0.1) is 13.2 Å². The summed E-state index contributed by atoms with van der Waals surface area (Å²) in [5.74, 6) is -4.10. The maximum Gasteiger partial charge on any atom is 0.522 e. The number of ether oxygens (including phenoxy) is 1. The van der Waals surface area contributed by atoms with Gasteiger partial charge in [0.15, 0.2) is 5.78 Å². The zero-order valence-electron chi connectivity index (χ0n) is 20.7. The lowest BCUT2D eigenvalue weighted by Gasteiger charge is -2.29. The Hall–Kier alpha value is -2.70. The summed E-state index contributed by atoms with van der Waals surface area (Å²) >= 11 is 0. The molecule has 5 atom stereocenters. The summed E-state index contributed by atoms with van der Waals surface area (Å²) in [7, 11) is 0. The molecule has 206 valence electrons. The highest BCUT2D eigenvalue weighted by atomic mass is 19.4. The number of alkyl halides is 3. The first-order valence-corrected chi connectivity index (χ1v) is 12.8. The van der Waals surface area contributed by atoms with Crippen molar-refractivity contribution in [3.05, 3.63) is 0 Å². The maximum absolute atomic E-state index is 13.5. The first-order chi connectivity index (χ1) is 17.4. The van der Waals surface area contributed by atoms with Crippen molar-refractivity contribution in [2.75, 3.05) is 19.7 Å². The number of hydrogen-bond donors (Lipinski definition) is 3. The van der Waals surface area contributed by atoms with E-state index in [0.29, 0.717) is 19.4 Å². The van der Waals surface area contributed by atoms with Crippen LogP contribution in [0.25, 0.3) is 0 Å². The molecule has 2 saturated carbocycles. The molecule has 4 amide bonds. The van der Waals surface area contributed by atoms with Crippen molar-refractivity contribution in [1.82, 2.24) is 20.9 Å². The highest BCUT2D eigenvalue weighted by Gasteiger charge is 2.52. The number of fused-ring (bicyclic) bond motifs is 1. The second kappa shape index (κ2) is 10.6. The third-order valence-electron chi connectivity index (χ3n) is 8.08. The Balaban J connectivity index is 1.47. The molecule has 2 saturated heterocycles. The van der Waals surface area contributed by atoms with Crippen molar-refractivity contribution in [2.24, 2.45) is 17.8 Å². The maximum atomic E-state index is 13.5. The Morgan fingerprint density at radius 2 is 1.92 bits per heavy atom. The average Bonchev–Trinajstić information content (AvgIpc) is 3.16. The molecule has 2 aliphatic heterocycles. The molecule has 13 heteroatoms. The fourth-order valence-electron chi connectivity index (χ4n) is 5.73. The molecule has 2 aliphatic carbocycles. The highest BCUT2D eigenvalue weighted by Crippen LogP contribution is 2.42. The Bertz CT molecular complexity index is 953. The monoisotopic (exact) mass is 530 g/mol. The predicted octanol–water partition coefficient (Wildman–Crippen LogP) is 0.789. The number of halogens is 3. The number of likely N-dealkylation sites (tertiary alicyclic amines) is 1. The van der Waals surface area contributed by atoms with E-state index in [4.69, 9.17) is 0 Å². The van der Waals surface area contributed by atoms with E-state index < -0.39 is 60.0 Å². The van der Waals surface area contributed by atoms with E-state index in [1.54, 1.807) is 0 Å². The topological polar surface area (TPSA) is 134 Å². The molecule has 4 fully saturated rings. The zero-order chi connectivity index (χ0) is 27.0. The molecule has 0 aromatic carbocycles. The van der Waals surface area contributed by atoms with Gasteiger partial charge in [-0.1, -0.05) is 6.42 Å². The molecule has 10 nitrogen and oxygen atoms in total. The van der Waals surface area contributed by atoms with Gasteiger partial charge in [-0.3, -0.25) is 28.7 Å². The van der Waals surface area contributed by atoms with Crippen molar-refractivity contribution in [3.8, 4) is 0 Å². The summed E-state index contributed by atoms with van der Waals surface area (Å²) < 4.78 is 41.4. The minimum atomic E-state index is -5.02. The van der Waals surface area contributed by atoms with Crippen LogP contribution in [0.2, 0.25) is 0 Å². The zero-order valence-corrected chi connectivity index (χ0v) is 20.7. The minimum absolute atomic E-state index is 0.0221. The fraction of sp³-hybridized carbons (Fsp3) is 0.792. The van der Waals surface area contributed by atoms with E-state index in [-0.39, 0.29) is 37.1 Å². The van der Waals surface area contributed by atoms with Gasteiger partial charge in [0.05, 0.1) is 6.04 Å². The van der Waals surface area contributed by atoms with Crippen LogP contribution in [0, 0.1) is 17.8 Å². The predicted molar refractivity (Wildman–Crippen MR) is 121 cm³/mol. The molecule has 0 aromatic heterocycles. The summed E-state index contributed by atoms with van der Waals surface area (Å²) in [5, 5.41) is 7.90. The standard InChI is InChI=1S/C24H33F3N4O6/c1-23(8-9-23)30-21(35)22(36)31-11-14-3-2-4-15(14)18(31)20(34)29-16(17(32)12-37-24(25,26)27)6-5-13-7-10-28-19(13)33/h13-16,18H,2-12H2,1H3,(H,28,33)(H,29,34)(H,30,35)/t13-,14+,15+,16-,18+/m1/s1. The largest absolute Gasteiger partial charge is 0.522 e. The Morgan fingerprint density at radius 3 is 2.54 bits per heavy atom. The Morgan fingerprint density at radius 1 is 1.19 bits per heavy atom. The summed E-state index contributed by atoms with van der Waals surface area (Å²) in [6, 6.07) is -2.34. The molecule has 0 radical (unpaired) electrons. The molecule has 0 aromatic rings. The van der Waals surface area contributed by atoms with Gasteiger partial charge in [-0.05, 0) is 63.7 Å². The lowest BCUT2D eigenvalue weighted by Crippen LogP contribution is -2.56. The first-order valence-electron chi connectivity index (χ1n) is 12.8. The number of amides is 4. The summed E-state index contributed by atoms with van der Waals surface area (Å²) in [4.78, 5) is 64.9. The molecular formula is C24H33F3N4O6. The number of ketones is 1. The molecule has 0 spiro atoms. The van der Waals surface area contributed by atoms with Gasteiger partial charge < -0.3 is 20.9 Å². The van der Waals surface area contributed by atoms with Gasteiger partial charge in [0.25, 0.3) is 0 Å². The van der Waals surface area contributed by atoms with Gasteiger partial charge in [0.2, 0.25) is 11.8 Å². The fourth-order valence-corrected chi connectivity index (χ4v) is 5.73. The molecular weight excluding hydrogens is 497 g/mol. The quantitative estimate of drug-likeness (QED) is 0.378. The van der Waals surface area contributed by atoms with Gasteiger partial charge >= 0.3 is 18.2 Å². The molecule has 4 aliphatic rings. The first kappa shape index (κ1) is 27.3. The molecule has 4 rings (SSSR count). The lowest BCUT2D eigenvalue weighted by atomic mass is 9.92. The van der Waals surface area contributed by atoms with Crippen LogP contribution in [0.1, 0.15) is 58.3 Å². The third kappa shape index (κ3) is 6.60. The van der Waals surface area contributed by atoms with Crippen LogP contribution in [0.5, 0.6) is 0 Å². The smallest absolute Gasteiger partial charge is 0.356 e. The van der Waals surface area contributed by atoms with Gasteiger partial charge in [0, 0.05) is 24.5 Å². The van der Waals surface area contributed by atoms with Crippen LogP contribution in [-0.4, -0.2) is 78.0 Å². The summed E-state index contributed by atoms with van der Waals surface area (Å²) in [6.07, 6.45) is -0.563. The van der Waals surface area contributed by atoms with Crippen molar-refractivity contribution in [2.45, 2.75) is 82.3 Å². The summed E-state index contributed by atoms with van der Waals surface area (Å²) in [5.41, 5.74) is -0.428. The molecule has 2 heterocycles. The second-order valence-electron chi connectivity index (χ2n) is 10.9. The van der Waals surface area contributed by atoms with E-state index in [1.165, 1.54) is 4.90 Å². The van der Waals surface area contributed by atoms with Crippen molar-refractivity contribution < 1.29 is 41.9 Å². The number of carbonyl (C=O) groups is 5. The van der Waals surface area contributed by atoms with Crippen molar-refractivity contribution in [3.63, 3.8) is 0 Å². The number of rotatable bonds is 9. The molecule has 0 bridgehead atoms. The summed E-state index contributed by atoms with van der Waals surface area (Å²) in [6.45, 7) is 1.23. The number of nitrogens with one attached hydrogen (secondary N) is 3. The van der Waals surface area contributed by atoms with E-state index >= 15 is 0 Å². The van der Waals surface area contributed by atoms with Gasteiger partial charge in [0.1, 0.15) is 12.6 Å². The van der Waals surface area contributed by atoms with Crippen LogP contribution in [-0.2, 0) is 28.7 Å². The van der Waals surface area contributed by atoms with Crippen molar-refractivity contribution in [1.29, 1.82) is 0 Å². The number of Topliss-reactive ketones (excluding diaryl/α,β-unsaturated/α-hetero) is 1. The van der Waals surface area contributed by atoms with Gasteiger partial charge in [-0.25, -0.2) is 0 Å². The Kier molecular flexibility index (Phi) is 7.82. The van der Waals surface area contributed by atoms with Crippen LogP contribution in [0.15, 0.2) is 0 Å².